The predicted molar refractivity (Wildman–Crippen MR) is 77.7 cm³/mol. The van der Waals surface area contributed by atoms with Gasteiger partial charge in [0.2, 0.25) is 21.8 Å². The van der Waals surface area contributed by atoms with Crippen LogP contribution in [0.1, 0.15) is 44.9 Å². The van der Waals surface area contributed by atoms with Gasteiger partial charge in [0.05, 0.1) is 0 Å². The van der Waals surface area contributed by atoms with E-state index in [4.69, 9.17) is 5.14 Å². The molecule has 3 N–H and O–H groups in total. The molecular weight excluding hydrogens is 294 g/mol. The molecular formula is C13H23N3O4S. The van der Waals surface area contributed by atoms with Crippen molar-refractivity contribution in [1.82, 2.24) is 10.2 Å². The van der Waals surface area contributed by atoms with Crippen molar-refractivity contribution >= 4 is 21.8 Å². The first-order valence-electron chi connectivity index (χ1n) is 7.45. The molecule has 1 saturated carbocycles. The van der Waals surface area contributed by atoms with E-state index in [-0.39, 0.29) is 43.8 Å². The van der Waals surface area contributed by atoms with Crippen molar-refractivity contribution in [3.05, 3.63) is 0 Å². The Morgan fingerprint density at radius 1 is 1.29 bits per heavy atom. The maximum absolute atomic E-state index is 11.9. The molecule has 21 heavy (non-hydrogen) atoms. The number of nitrogens with zero attached hydrogens (tertiary/aromatic N) is 1. The Hall–Kier alpha value is -1.15. The molecule has 2 rings (SSSR count). The second kappa shape index (κ2) is 6.74. The van der Waals surface area contributed by atoms with E-state index in [1.807, 2.05) is 0 Å². The van der Waals surface area contributed by atoms with Gasteiger partial charge in [-0.2, -0.15) is 0 Å². The minimum Gasteiger partial charge on any atom is -0.353 e. The average Bonchev–Trinajstić information content (AvgIpc) is 2.79. The first-order valence-corrected chi connectivity index (χ1v) is 9.06. The summed E-state index contributed by atoms with van der Waals surface area (Å²) in [6.07, 6.45) is 5.67. The average molecular weight is 317 g/mol. The second-order valence-electron chi connectivity index (χ2n) is 5.91. The highest BCUT2D eigenvalue weighted by atomic mass is 32.2. The van der Waals surface area contributed by atoms with E-state index < -0.39 is 15.3 Å². The van der Waals surface area contributed by atoms with Gasteiger partial charge >= 0.3 is 0 Å². The first-order chi connectivity index (χ1) is 9.86. The van der Waals surface area contributed by atoms with Gasteiger partial charge in [-0.15, -0.1) is 0 Å². The number of rotatable bonds is 5. The summed E-state index contributed by atoms with van der Waals surface area (Å²) < 4.78 is 22.5. The van der Waals surface area contributed by atoms with E-state index in [9.17, 15) is 18.0 Å². The Bertz CT molecular complexity index is 500. The van der Waals surface area contributed by atoms with Crippen LogP contribution in [-0.4, -0.2) is 49.5 Å². The zero-order chi connectivity index (χ0) is 15.5. The number of carbonyl (C=O) groups is 2. The number of amides is 2. The normalized spacial score (nSPS) is 24.3. The molecule has 2 fully saturated rings. The summed E-state index contributed by atoms with van der Waals surface area (Å²) in [6, 6.07) is 0.248. The monoisotopic (exact) mass is 317 g/mol. The molecule has 0 bridgehead atoms. The largest absolute Gasteiger partial charge is 0.353 e. The van der Waals surface area contributed by atoms with Crippen molar-refractivity contribution in [1.29, 1.82) is 0 Å². The number of nitrogens with one attached hydrogen (secondary N) is 1. The number of nitrogens with two attached hydrogens (primary N) is 1. The van der Waals surface area contributed by atoms with Crippen LogP contribution in [0.3, 0.4) is 0 Å². The summed E-state index contributed by atoms with van der Waals surface area (Å²) in [5.41, 5.74) is 0. The summed E-state index contributed by atoms with van der Waals surface area (Å²) in [5, 5.41) is 7.20. The zero-order valence-corrected chi connectivity index (χ0v) is 12.9. The van der Waals surface area contributed by atoms with Crippen molar-refractivity contribution in [3.63, 3.8) is 0 Å². The predicted octanol–water partition coefficient (Wildman–Crippen LogP) is -0.285. The Morgan fingerprint density at radius 2 is 1.95 bits per heavy atom. The molecule has 0 spiro atoms. The quantitative estimate of drug-likeness (QED) is 0.726. The third-order valence-electron chi connectivity index (χ3n) is 4.22. The van der Waals surface area contributed by atoms with Gasteiger partial charge in [0.25, 0.3) is 0 Å². The van der Waals surface area contributed by atoms with Crippen molar-refractivity contribution in [2.45, 2.75) is 56.2 Å². The lowest BCUT2D eigenvalue weighted by atomic mass is 9.95. The fourth-order valence-corrected chi connectivity index (χ4v) is 3.72. The van der Waals surface area contributed by atoms with Crippen molar-refractivity contribution in [3.8, 4) is 0 Å². The number of carbonyl (C=O) groups excluding carboxylic acids is 2. The second-order valence-corrected chi connectivity index (χ2v) is 7.75. The summed E-state index contributed by atoms with van der Waals surface area (Å²) in [6.45, 7) is 0.345. The van der Waals surface area contributed by atoms with Gasteiger partial charge in [-0.1, -0.05) is 19.3 Å². The molecule has 8 heteroatoms. The van der Waals surface area contributed by atoms with Crippen LogP contribution in [0.2, 0.25) is 0 Å². The van der Waals surface area contributed by atoms with Gasteiger partial charge in [-0.25, -0.2) is 13.6 Å². The lowest BCUT2D eigenvalue weighted by Crippen LogP contribution is -2.39. The molecule has 1 heterocycles. The molecule has 2 aliphatic rings. The lowest BCUT2D eigenvalue weighted by molar-refractivity contribution is -0.128. The van der Waals surface area contributed by atoms with Gasteiger partial charge < -0.3 is 10.2 Å². The highest BCUT2D eigenvalue weighted by Crippen LogP contribution is 2.18. The fraction of sp³-hybridized carbons (Fsp3) is 0.846. The third-order valence-corrected chi connectivity index (χ3v) is 5.47. The molecule has 1 aliphatic carbocycles. The van der Waals surface area contributed by atoms with Crippen LogP contribution < -0.4 is 10.5 Å². The molecule has 1 aliphatic heterocycles. The van der Waals surface area contributed by atoms with E-state index >= 15 is 0 Å². The minimum absolute atomic E-state index is 0.0752. The molecule has 0 radical (unpaired) electrons. The minimum atomic E-state index is -3.69. The van der Waals surface area contributed by atoms with Crippen LogP contribution in [0, 0.1) is 0 Å². The molecule has 0 aromatic heterocycles. The van der Waals surface area contributed by atoms with Gasteiger partial charge in [0, 0.05) is 32.0 Å². The molecule has 1 saturated heterocycles. The molecule has 1 atom stereocenters. The summed E-state index contributed by atoms with van der Waals surface area (Å²) >= 11 is 0. The van der Waals surface area contributed by atoms with E-state index in [0.29, 0.717) is 0 Å². The highest BCUT2D eigenvalue weighted by molar-refractivity contribution is 7.89. The van der Waals surface area contributed by atoms with Crippen LogP contribution in [0.4, 0.5) is 0 Å². The molecule has 0 aromatic rings. The molecule has 2 amide bonds. The van der Waals surface area contributed by atoms with Crippen molar-refractivity contribution in [2.24, 2.45) is 5.14 Å². The smallest absolute Gasteiger partial charge is 0.224 e. The maximum atomic E-state index is 11.9. The number of sulfonamides is 1. The fourth-order valence-electron chi connectivity index (χ4n) is 2.96. The van der Waals surface area contributed by atoms with E-state index in [0.717, 1.165) is 25.7 Å². The van der Waals surface area contributed by atoms with E-state index in [1.165, 1.54) is 11.3 Å². The Labute approximate surface area is 125 Å². The summed E-state index contributed by atoms with van der Waals surface area (Å²) in [4.78, 5) is 25.0. The molecule has 120 valence electrons. The zero-order valence-electron chi connectivity index (χ0n) is 12.1. The molecule has 0 aromatic carbocycles. The van der Waals surface area contributed by atoms with E-state index in [1.54, 1.807) is 0 Å². The van der Waals surface area contributed by atoms with Crippen LogP contribution in [0.5, 0.6) is 0 Å². The highest BCUT2D eigenvalue weighted by Gasteiger charge is 2.36. The number of likely N-dealkylation sites (tertiary alicyclic amines) is 1. The van der Waals surface area contributed by atoms with Gasteiger partial charge in [0.1, 0.15) is 5.25 Å². The Morgan fingerprint density at radius 3 is 2.52 bits per heavy atom. The van der Waals surface area contributed by atoms with E-state index in [2.05, 4.69) is 5.32 Å². The van der Waals surface area contributed by atoms with Crippen LogP contribution in [0.15, 0.2) is 0 Å². The summed E-state index contributed by atoms with van der Waals surface area (Å²) in [5.74, 6) is -0.326. The number of hydrogen-bond donors (Lipinski definition) is 2. The maximum Gasteiger partial charge on any atom is 0.224 e. The number of primary sulfonamides is 1. The third kappa shape index (κ3) is 4.67. The lowest BCUT2D eigenvalue weighted by Gasteiger charge is -2.23. The van der Waals surface area contributed by atoms with Crippen LogP contribution in [-0.2, 0) is 19.6 Å². The summed E-state index contributed by atoms with van der Waals surface area (Å²) in [7, 11) is -3.69. The first kappa shape index (κ1) is 16.2. The van der Waals surface area contributed by atoms with Crippen LogP contribution in [0.25, 0.3) is 0 Å². The number of hydrogen-bond acceptors (Lipinski definition) is 4. The van der Waals surface area contributed by atoms with Gasteiger partial charge in [0.15, 0.2) is 0 Å². The Balaban J connectivity index is 1.75. The van der Waals surface area contributed by atoms with Crippen molar-refractivity contribution < 1.29 is 18.0 Å². The molecule has 7 nitrogen and oxygen atoms in total. The van der Waals surface area contributed by atoms with Crippen molar-refractivity contribution in [2.75, 3.05) is 13.1 Å². The molecule has 1 unspecified atom stereocenters. The van der Waals surface area contributed by atoms with Gasteiger partial charge in [-0.05, 0) is 12.8 Å². The SMILES string of the molecule is NS(=O)(=O)C1CC(=O)N(CCC(=O)NC2CCCCC2)C1. The van der Waals surface area contributed by atoms with Gasteiger partial charge in [-0.3, -0.25) is 9.59 Å². The standard InChI is InChI=1S/C13H23N3O4S/c14-21(19,20)11-8-13(18)16(9-11)7-6-12(17)15-10-4-2-1-3-5-10/h10-11H,1-9H2,(H,15,17)(H2,14,19,20). The topological polar surface area (TPSA) is 110 Å². The Kier molecular flexibility index (Phi) is 5.21. The van der Waals surface area contributed by atoms with Crippen LogP contribution >= 0.6 is 0 Å².